The molecule has 0 heterocycles. The van der Waals surface area contributed by atoms with Crippen molar-refractivity contribution in [1.82, 2.24) is 21.7 Å². The van der Waals surface area contributed by atoms with Crippen molar-refractivity contribution in [3.63, 3.8) is 0 Å². The van der Waals surface area contributed by atoms with Crippen molar-refractivity contribution in [2.24, 2.45) is 0 Å². The number of rotatable bonds is 10. The molecule has 12 heteroatoms. The van der Waals surface area contributed by atoms with Crippen molar-refractivity contribution < 1.29 is 28.8 Å². The molecule has 47 heavy (non-hydrogen) atoms. The molecular formula is C35H34N6O6. The lowest BCUT2D eigenvalue weighted by Crippen LogP contribution is -2.42. The summed E-state index contributed by atoms with van der Waals surface area (Å²) in [6.07, 6.45) is 0.0520. The Kier molecular flexibility index (Phi) is 11.5. The van der Waals surface area contributed by atoms with Crippen molar-refractivity contribution in [2.75, 3.05) is 10.6 Å². The number of nitrogens with one attached hydrogen (secondary N) is 6. The highest BCUT2D eigenvalue weighted by Gasteiger charge is 2.13. The van der Waals surface area contributed by atoms with Crippen LogP contribution >= 0.6 is 0 Å². The fourth-order valence-corrected chi connectivity index (χ4v) is 4.39. The van der Waals surface area contributed by atoms with Gasteiger partial charge in [0.15, 0.2) is 0 Å². The zero-order valence-electron chi connectivity index (χ0n) is 25.8. The SMILES string of the molecule is Cc1ccccc1C(=O)Nc1ccc(C(=O)NNC(=O)CCCC(=O)NNC(=O)c2ccc(NC(=O)c3ccccc3C)cc2)cc1. The van der Waals surface area contributed by atoms with E-state index >= 15 is 0 Å². The van der Waals surface area contributed by atoms with Gasteiger partial charge in [0.2, 0.25) is 11.8 Å². The molecule has 0 atom stereocenters. The average Bonchev–Trinajstić information content (AvgIpc) is 3.07. The number of carbonyl (C=O) groups is 6. The van der Waals surface area contributed by atoms with E-state index < -0.39 is 23.6 Å². The van der Waals surface area contributed by atoms with Crippen molar-refractivity contribution in [2.45, 2.75) is 33.1 Å². The fraction of sp³-hybridized carbons (Fsp3) is 0.143. The zero-order chi connectivity index (χ0) is 33.8. The minimum atomic E-state index is -0.558. The minimum Gasteiger partial charge on any atom is -0.322 e. The predicted octanol–water partition coefficient (Wildman–Crippen LogP) is 4.20. The molecule has 0 aliphatic rings. The first-order valence-electron chi connectivity index (χ1n) is 14.7. The van der Waals surface area contributed by atoms with E-state index in [-0.39, 0.29) is 42.2 Å². The quantitative estimate of drug-likeness (QED) is 0.143. The molecule has 0 aliphatic heterocycles. The predicted molar refractivity (Wildman–Crippen MR) is 176 cm³/mol. The van der Waals surface area contributed by atoms with Crippen LogP contribution in [-0.4, -0.2) is 35.4 Å². The van der Waals surface area contributed by atoms with Crippen LogP contribution in [0.25, 0.3) is 0 Å². The van der Waals surface area contributed by atoms with Crippen LogP contribution < -0.4 is 32.3 Å². The highest BCUT2D eigenvalue weighted by molar-refractivity contribution is 6.06. The minimum absolute atomic E-state index is 0.0544. The number of amides is 6. The molecule has 4 aromatic carbocycles. The topological polar surface area (TPSA) is 175 Å². The first-order chi connectivity index (χ1) is 22.6. The largest absolute Gasteiger partial charge is 0.322 e. The van der Waals surface area contributed by atoms with Gasteiger partial charge in [-0.25, -0.2) is 0 Å². The summed E-state index contributed by atoms with van der Waals surface area (Å²) in [7, 11) is 0. The van der Waals surface area contributed by atoms with Gasteiger partial charge in [-0.05, 0) is 92.1 Å². The molecule has 0 fully saturated rings. The summed E-state index contributed by atoms with van der Waals surface area (Å²) in [4.78, 5) is 74.0. The van der Waals surface area contributed by atoms with Gasteiger partial charge >= 0.3 is 0 Å². The Labute approximate surface area is 271 Å². The van der Waals surface area contributed by atoms with E-state index in [1.807, 2.05) is 38.1 Å². The maximum atomic E-state index is 12.5. The Morgan fingerprint density at radius 2 is 0.809 bits per heavy atom. The zero-order valence-corrected chi connectivity index (χ0v) is 25.8. The van der Waals surface area contributed by atoms with E-state index in [1.165, 1.54) is 24.3 Å². The second-order valence-electron chi connectivity index (χ2n) is 10.6. The lowest BCUT2D eigenvalue weighted by Gasteiger charge is -2.10. The highest BCUT2D eigenvalue weighted by Crippen LogP contribution is 2.15. The molecule has 6 N–H and O–H groups in total. The van der Waals surface area contributed by atoms with Crippen LogP contribution in [0.4, 0.5) is 11.4 Å². The lowest BCUT2D eigenvalue weighted by molar-refractivity contribution is -0.123. The van der Waals surface area contributed by atoms with Crippen LogP contribution in [-0.2, 0) is 9.59 Å². The molecular weight excluding hydrogens is 600 g/mol. The van der Waals surface area contributed by atoms with Gasteiger partial charge in [-0.1, -0.05) is 36.4 Å². The normalized spacial score (nSPS) is 10.3. The molecule has 12 nitrogen and oxygen atoms in total. The van der Waals surface area contributed by atoms with Crippen LogP contribution in [0.2, 0.25) is 0 Å². The molecule has 0 saturated carbocycles. The van der Waals surface area contributed by atoms with Gasteiger partial charge in [0, 0.05) is 46.5 Å². The number of carbonyl (C=O) groups excluding carboxylic acids is 6. The summed E-state index contributed by atoms with van der Waals surface area (Å²) in [6, 6.07) is 26.7. The number of aryl methyl sites for hydroxylation is 2. The molecule has 0 saturated heterocycles. The maximum Gasteiger partial charge on any atom is 0.269 e. The van der Waals surface area contributed by atoms with E-state index in [0.29, 0.717) is 22.5 Å². The molecule has 0 radical (unpaired) electrons. The van der Waals surface area contributed by atoms with Crippen LogP contribution in [0.15, 0.2) is 97.1 Å². The van der Waals surface area contributed by atoms with E-state index in [1.54, 1.807) is 48.5 Å². The van der Waals surface area contributed by atoms with E-state index in [0.717, 1.165) is 11.1 Å². The van der Waals surface area contributed by atoms with Gasteiger partial charge in [-0.15, -0.1) is 0 Å². The smallest absolute Gasteiger partial charge is 0.269 e. The third kappa shape index (κ3) is 9.85. The number of benzene rings is 4. The van der Waals surface area contributed by atoms with Gasteiger partial charge < -0.3 is 10.6 Å². The number of anilines is 2. The Morgan fingerprint density at radius 1 is 0.447 bits per heavy atom. The first kappa shape index (κ1) is 33.6. The van der Waals surface area contributed by atoms with E-state index in [2.05, 4.69) is 32.3 Å². The summed E-state index contributed by atoms with van der Waals surface area (Å²) < 4.78 is 0. The molecule has 0 aliphatic carbocycles. The van der Waals surface area contributed by atoms with Gasteiger partial charge in [-0.2, -0.15) is 0 Å². The van der Waals surface area contributed by atoms with Gasteiger partial charge in [0.1, 0.15) is 0 Å². The second-order valence-corrected chi connectivity index (χ2v) is 10.6. The second kappa shape index (κ2) is 16.1. The molecule has 240 valence electrons. The number of hydrogen-bond acceptors (Lipinski definition) is 6. The van der Waals surface area contributed by atoms with Crippen LogP contribution in [0.1, 0.15) is 71.8 Å². The Morgan fingerprint density at radius 3 is 1.17 bits per heavy atom. The van der Waals surface area contributed by atoms with Gasteiger partial charge in [0.25, 0.3) is 23.6 Å². The lowest BCUT2D eigenvalue weighted by atomic mass is 10.1. The molecule has 0 spiro atoms. The number of hydrazine groups is 2. The number of hydrogen-bond donors (Lipinski definition) is 6. The summed E-state index contributed by atoms with van der Waals surface area (Å²) in [5.41, 5.74) is 13.5. The molecule has 0 aromatic heterocycles. The Bertz CT molecular complexity index is 1660. The Hall–Kier alpha value is -6.30. The van der Waals surface area contributed by atoms with Crippen molar-refractivity contribution in [3.8, 4) is 0 Å². The van der Waals surface area contributed by atoms with Crippen LogP contribution in [0.3, 0.4) is 0 Å². The molecule has 4 aromatic rings. The third-order valence-corrected chi connectivity index (χ3v) is 7.03. The van der Waals surface area contributed by atoms with Crippen molar-refractivity contribution in [3.05, 3.63) is 130 Å². The summed E-state index contributed by atoms with van der Waals surface area (Å²) in [5.74, 6) is -2.67. The standard InChI is InChI=1S/C35H34N6O6/c1-22-8-3-5-10-28(22)34(46)36-26-18-14-24(15-19-26)32(44)40-38-30(42)12-7-13-31(43)39-41-33(45)25-16-20-27(21-17-25)37-35(47)29-11-6-4-9-23(29)2/h3-6,8-11,14-21H,7,12-13H2,1-2H3,(H,36,46)(H,37,47)(H,38,42)(H,39,43)(H,40,44)(H,41,45). The van der Waals surface area contributed by atoms with Crippen molar-refractivity contribution in [1.29, 1.82) is 0 Å². The molecule has 6 amide bonds. The average molecular weight is 635 g/mol. The van der Waals surface area contributed by atoms with Crippen LogP contribution in [0.5, 0.6) is 0 Å². The van der Waals surface area contributed by atoms with Gasteiger partial charge in [0.05, 0.1) is 0 Å². The molecule has 0 unspecified atom stereocenters. The Balaban J connectivity index is 1.11. The van der Waals surface area contributed by atoms with E-state index in [4.69, 9.17) is 0 Å². The first-order valence-corrected chi connectivity index (χ1v) is 14.7. The van der Waals surface area contributed by atoms with Crippen LogP contribution in [0, 0.1) is 13.8 Å². The molecule has 0 bridgehead atoms. The monoisotopic (exact) mass is 634 g/mol. The maximum absolute atomic E-state index is 12.5. The van der Waals surface area contributed by atoms with Crippen molar-refractivity contribution >= 4 is 46.8 Å². The van der Waals surface area contributed by atoms with E-state index in [9.17, 15) is 28.8 Å². The summed E-state index contributed by atoms with van der Waals surface area (Å²) in [6.45, 7) is 3.68. The molecule has 4 rings (SSSR count). The summed E-state index contributed by atoms with van der Waals surface area (Å²) >= 11 is 0. The fourth-order valence-electron chi connectivity index (χ4n) is 4.39. The summed E-state index contributed by atoms with van der Waals surface area (Å²) in [5, 5.41) is 5.55. The van der Waals surface area contributed by atoms with Gasteiger partial charge in [-0.3, -0.25) is 50.5 Å². The highest BCUT2D eigenvalue weighted by atomic mass is 16.2. The third-order valence-electron chi connectivity index (χ3n) is 7.03.